The van der Waals surface area contributed by atoms with Gasteiger partial charge in [0.1, 0.15) is 6.33 Å². The summed E-state index contributed by atoms with van der Waals surface area (Å²) in [5.74, 6) is -0.730. The summed E-state index contributed by atoms with van der Waals surface area (Å²) in [6, 6.07) is -0.00683. The maximum atomic E-state index is 12.4. The lowest BCUT2D eigenvalue weighted by Gasteiger charge is -2.27. The number of halogens is 1. The molecular weight excluding hydrogens is 330 g/mol. The monoisotopic (exact) mass is 341 g/mol. The van der Waals surface area contributed by atoms with Crippen molar-refractivity contribution in [3.63, 3.8) is 0 Å². The van der Waals surface area contributed by atoms with Gasteiger partial charge in [-0.05, 0) is 12.8 Å². The average molecular weight is 342 g/mol. The Kier molecular flexibility index (Phi) is 3.26. The van der Waals surface area contributed by atoms with E-state index in [1.165, 1.54) is 15.4 Å². The van der Waals surface area contributed by atoms with E-state index in [9.17, 15) is 9.59 Å². The van der Waals surface area contributed by atoms with Crippen LogP contribution in [-0.4, -0.2) is 47.3 Å². The Labute approximate surface area is 121 Å². The maximum Gasteiger partial charge on any atom is 0.353 e. The first-order chi connectivity index (χ1) is 9.58. The van der Waals surface area contributed by atoms with Gasteiger partial charge in [0.15, 0.2) is 11.3 Å². The number of hydrogen-bond donors (Lipinski definition) is 1. The van der Waals surface area contributed by atoms with Gasteiger partial charge in [-0.2, -0.15) is 4.68 Å². The highest BCUT2D eigenvalue weighted by atomic mass is 79.9. The van der Waals surface area contributed by atoms with Gasteiger partial charge >= 0.3 is 5.69 Å². The number of aromatic nitrogens is 5. The number of carbonyl (C=O) groups excluding carboxylic acids is 1. The molecule has 2 aromatic heterocycles. The molecule has 20 heavy (non-hydrogen) atoms. The summed E-state index contributed by atoms with van der Waals surface area (Å²) in [4.78, 5) is 27.3. The van der Waals surface area contributed by atoms with Crippen LogP contribution in [0, 0.1) is 0 Å². The van der Waals surface area contributed by atoms with Gasteiger partial charge in [-0.1, -0.05) is 5.21 Å². The Hall–Kier alpha value is -1.81. The van der Waals surface area contributed by atoms with Gasteiger partial charge in [-0.25, -0.2) is 18.1 Å². The van der Waals surface area contributed by atoms with Crippen LogP contribution in [0.25, 0.3) is 5.65 Å². The van der Waals surface area contributed by atoms with Crippen molar-refractivity contribution in [3.8, 4) is 0 Å². The minimum Gasteiger partial charge on any atom is -0.364 e. The summed E-state index contributed by atoms with van der Waals surface area (Å²) in [6.07, 6.45) is 2.84. The van der Waals surface area contributed by atoms with Crippen LogP contribution in [0.15, 0.2) is 11.1 Å². The van der Waals surface area contributed by atoms with Crippen molar-refractivity contribution < 1.29 is 4.79 Å². The van der Waals surface area contributed by atoms with E-state index in [-0.39, 0.29) is 23.1 Å². The van der Waals surface area contributed by atoms with Crippen LogP contribution < -0.4 is 11.4 Å². The van der Waals surface area contributed by atoms with Crippen LogP contribution in [0.4, 0.5) is 0 Å². The molecule has 0 bridgehead atoms. The second-order valence-electron chi connectivity index (χ2n) is 4.61. The molecule has 0 aromatic carbocycles. The van der Waals surface area contributed by atoms with E-state index in [4.69, 9.17) is 5.73 Å². The highest BCUT2D eigenvalue weighted by Crippen LogP contribution is 2.21. The first-order valence-corrected chi connectivity index (χ1v) is 6.82. The van der Waals surface area contributed by atoms with Crippen molar-refractivity contribution in [1.29, 1.82) is 0 Å². The van der Waals surface area contributed by atoms with Crippen molar-refractivity contribution in [1.82, 2.24) is 28.3 Å². The van der Waals surface area contributed by atoms with Gasteiger partial charge in [-0.3, -0.25) is 4.79 Å². The molecular formula is C10H12BrN7O2. The van der Waals surface area contributed by atoms with Crippen LogP contribution in [0.1, 0.15) is 29.4 Å². The number of amides is 1. The molecule has 2 aromatic rings. The number of hydrogen-bond acceptors (Lipinski definition) is 6. The molecule has 1 aliphatic heterocycles. The lowest BCUT2D eigenvalue weighted by Crippen LogP contribution is -2.37. The van der Waals surface area contributed by atoms with E-state index in [2.05, 4.69) is 31.4 Å². The topological polar surface area (TPSA) is 111 Å². The maximum absolute atomic E-state index is 12.4. The number of rotatable bonds is 2. The molecule has 1 saturated heterocycles. The van der Waals surface area contributed by atoms with E-state index in [0.29, 0.717) is 0 Å². The number of fused-ring (bicyclic) bond motifs is 1. The van der Waals surface area contributed by atoms with Gasteiger partial charge in [-0.15, -0.1) is 5.10 Å². The summed E-state index contributed by atoms with van der Waals surface area (Å²) < 4.78 is 4.57. The minimum atomic E-state index is -0.730. The smallest absolute Gasteiger partial charge is 0.353 e. The number of piperidine rings is 1. The Morgan fingerprint density at radius 2 is 2.10 bits per heavy atom. The Morgan fingerprint density at radius 1 is 1.40 bits per heavy atom. The average Bonchev–Trinajstić information content (AvgIpc) is 2.85. The van der Waals surface area contributed by atoms with Gasteiger partial charge in [0, 0.05) is 29.2 Å². The molecule has 0 atom stereocenters. The third-order valence-corrected chi connectivity index (χ3v) is 4.08. The SMILES string of the molecule is NC(=O)c1ncn2c(=O)n(C3CCN(Br)CC3)nnc12. The second-order valence-corrected chi connectivity index (χ2v) is 5.61. The van der Waals surface area contributed by atoms with Gasteiger partial charge in [0.05, 0.1) is 6.04 Å². The van der Waals surface area contributed by atoms with Crippen LogP contribution in [0.2, 0.25) is 0 Å². The van der Waals surface area contributed by atoms with Crippen LogP contribution >= 0.6 is 16.1 Å². The van der Waals surface area contributed by atoms with Crippen molar-refractivity contribution in [2.75, 3.05) is 13.1 Å². The first kappa shape index (κ1) is 13.2. The zero-order valence-electron chi connectivity index (χ0n) is 10.4. The number of nitrogens with zero attached hydrogens (tertiary/aromatic N) is 6. The van der Waals surface area contributed by atoms with Crippen molar-refractivity contribution in [2.24, 2.45) is 5.73 Å². The molecule has 9 nitrogen and oxygen atoms in total. The molecule has 1 fully saturated rings. The summed E-state index contributed by atoms with van der Waals surface area (Å²) in [5, 5.41) is 7.83. The highest BCUT2D eigenvalue weighted by molar-refractivity contribution is 9.07. The van der Waals surface area contributed by atoms with E-state index in [1.807, 2.05) is 3.93 Å². The molecule has 0 aliphatic carbocycles. The molecule has 106 valence electrons. The van der Waals surface area contributed by atoms with E-state index in [1.54, 1.807) is 0 Å². The molecule has 1 aliphatic rings. The molecule has 2 N–H and O–H groups in total. The summed E-state index contributed by atoms with van der Waals surface area (Å²) in [7, 11) is 0. The Bertz CT molecular complexity index is 716. The number of nitrogens with two attached hydrogens (primary N) is 1. The fourth-order valence-electron chi connectivity index (χ4n) is 2.30. The van der Waals surface area contributed by atoms with Crippen molar-refractivity contribution in [3.05, 3.63) is 22.5 Å². The quantitative estimate of drug-likeness (QED) is 0.725. The molecule has 0 radical (unpaired) electrons. The minimum absolute atomic E-state index is 0.00683. The third kappa shape index (κ3) is 2.10. The van der Waals surface area contributed by atoms with Gasteiger partial charge in [0.25, 0.3) is 5.91 Å². The fourth-order valence-corrected chi connectivity index (χ4v) is 2.71. The number of primary amides is 1. The molecule has 10 heteroatoms. The highest BCUT2D eigenvalue weighted by Gasteiger charge is 2.23. The first-order valence-electron chi connectivity index (χ1n) is 6.11. The zero-order valence-corrected chi connectivity index (χ0v) is 12.0. The molecule has 0 unspecified atom stereocenters. The summed E-state index contributed by atoms with van der Waals surface area (Å²) in [6.45, 7) is 1.65. The standard InChI is InChI=1S/C10H12BrN7O2/c11-16-3-1-6(2-4-16)18-10(20)17-5-13-7(8(12)19)9(17)14-15-18/h5-6H,1-4H2,(H2,12,19). The zero-order chi connectivity index (χ0) is 14.3. The fraction of sp³-hybridized carbons (Fsp3) is 0.500. The van der Waals surface area contributed by atoms with Crippen LogP contribution in [0.5, 0.6) is 0 Å². The predicted octanol–water partition coefficient (Wildman–Crippen LogP) is -0.668. The predicted molar refractivity (Wildman–Crippen MR) is 72.3 cm³/mol. The van der Waals surface area contributed by atoms with Crippen molar-refractivity contribution in [2.45, 2.75) is 18.9 Å². The second kappa shape index (κ2) is 4.94. The van der Waals surface area contributed by atoms with Crippen LogP contribution in [-0.2, 0) is 0 Å². The van der Waals surface area contributed by atoms with E-state index in [0.717, 1.165) is 25.9 Å². The number of imidazole rings is 1. The largest absolute Gasteiger partial charge is 0.364 e. The lowest BCUT2D eigenvalue weighted by molar-refractivity contribution is 0.0997. The summed E-state index contributed by atoms with van der Waals surface area (Å²) >= 11 is 3.41. The van der Waals surface area contributed by atoms with E-state index < -0.39 is 5.91 Å². The van der Waals surface area contributed by atoms with Gasteiger partial charge in [0.2, 0.25) is 0 Å². The summed E-state index contributed by atoms with van der Waals surface area (Å²) in [5.41, 5.74) is 4.86. The van der Waals surface area contributed by atoms with E-state index >= 15 is 0 Å². The van der Waals surface area contributed by atoms with Gasteiger partial charge < -0.3 is 5.73 Å². The molecule has 3 heterocycles. The Balaban J connectivity index is 2.04. The molecule has 0 spiro atoms. The normalized spacial score (nSPS) is 17.6. The van der Waals surface area contributed by atoms with Crippen molar-refractivity contribution >= 4 is 27.7 Å². The Morgan fingerprint density at radius 3 is 2.75 bits per heavy atom. The molecule has 0 saturated carbocycles. The number of carbonyl (C=O) groups is 1. The lowest BCUT2D eigenvalue weighted by atomic mass is 10.1. The van der Waals surface area contributed by atoms with Crippen LogP contribution in [0.3, 0.4) is 0 Å². The third-order valence-electron chi connectivity index (χ3n) is 3.37. The molecule has 1 amide bonds. The molecule has 3 rings (SSSR count).